The molecule has 0 radical (unpaired) electrons. The monoisotopic (exact) mass is 204 g/mol. The van der Waals surface area contributed by atoms with Crippen molar-refractivity contribution in [2.24, 2.45) is 0 Å². The first-order chi connectivity index (χ1) is 7.33. The summed E-state index contributed by atoms with van der Waals surface area (Å²) < 4.78 is 12.7. The first kappa shape index (κ1) is 8.77. The Hall–Kier alpha value is -1.51. The lowest BCUT2D eigenvalue weighted by Crippen LogP contribution is -2.26. The van der Waals surface area contributed by atoms with Crippen molar-refractivity contribution >= 4 is 5.69 Å². The summed E-state index contributed by atoms with van der Waals surface area (Å²) in [6.07, 6.45) is 6.80. The van der Waals surface area contributed by atoms with Crippen molar-refractivity contribution in [2.75, 3.05) is 11.6 Å². The van der Waals surface area contributed by atoms with Gasteiger partial charge >= 0.3 is 0 Å². The van der Waals surface area contributed by atoms with Crippen LogP contribution in [-0.4, -0.2) is 17.6 Å². The van der Waals surface area contributed by atoms with Crippen molar-refractivity contribution in [3.05, 3.63) is 42.5 Å². The third kappa shape index (κ3) is 1.69. The van der Waals surface area contributed by atoms with E-state index in [1.807, 2.05) is 12.1 Å². The lowest BCUT2D eigenvalue weighted by atomic mass is 10.3. The van der Waals surface area contributed by atoms with Crippen LogP contribution in [0.5, 0.6) is 0 Å². The van der Waals surface area contributed by atoms with Crippen molar-refractivity contribution < 1.29 is 4.39 Å². The highest BCUT2D eigenvalue weighted by Gasteiger charge is 2.30. The van der Waals surface area contributed by atoms with Gasteiger partial charge in [-0.1, -0.05) is 0 Å². The Labute approximate surface area is 88.6 Å². The van der Waals surface area contributed by atoms with Crippen LogP contribution in [0, 0.1) is 5.82 Å². The highest BCUT2D eigenvalue weighted by Crippen LogP contribution is 2.30. The molecule has 1 aromatic rings. The molecule has 78 valence electrons. The molecule has 1 saturated carbocycles. The maximum absolute atomic E-state index is 12.7. The predicted octanol–water partition coefficient (Wildman–Crippen LogP) is 2.54. The molecule has 0 aromatic heterocycles. The lowest BCUT2D eigenvalue weighted by Gasteiger charge is -2.20. The van der Waals surface area contributed by atoms with Crippen LogP contribution in [-0.2, 0) is 0 Å². The normalized spacial score (nSPS) is 20.1. The van der Waals surface area contributed by atoms with E-state index in [0.717, 1.165) is 18.4 Å². The number of benzene rings is 1. The van der Waals surface area contributed by atoms with Crippen LogP contribution in [0.25, 0.3) is 0 Å². The van der Waals surface area contributed by atoms with Gasteiger partial charge in [-0.05, 0) is 37.1 Å². The average molecular weight is 204 g/mol. The molecular weight excluding hydrogens is 191 g/mol. The van der Waals surface area contributed by atoms with E-state index in [9.17, 15) is 4.39 Å². The van der Waals surface area contributed by atoms with E-state index < -0.39 is 0 Å². The molecule has 0 unspecified atom stereocenters. The Morgan fingerprint density at radius 2 is 1.80 bits per heavy atom. The molecule has 3 heteroatoms. The van der Waals surface area contributed by atoms with Gasteiger partial charge in [0.25, 0.3) is 0 Å². The zero-order valence-corrected chi connectivity index (χ0v) is 8.44. The van der Waals surface area contributed by atoms with Crippen LogP contribution < -0.4 is 4.90 Å². The summed E-state index contributed by atoms with van der Waals surface area (Å²) in [7, 11) is 0. The van der Waals surface area contributed by atoms with Gasteiger partial charge in [0.1, 0.15) is 5.82 Å². The van der Waals surface area contributed by atoms with Gasteiger partial charge in [-0.3, -0.25) is 0 Å². The first-order valence-corrected chi connectivity index (χ1v) is 5.29. The molecule has 1 aliphatic heterocycles. The average Bonchev–Trinajstić information content (AvgIpc) is 2.99. The molecule has 0 saturated heterocycles. The van der Waals surface area contributed by atoms with E-state index in [4.69, 9.17) is 0 Å². The molecule has 2 nitrogen and oxygen atoms in total. The Bertz CT molecular complexity index is 381. The molecule has 0 spiro atoms. The molecule has 0 atom stereocenters. The van der Waals surface area contributed by atoms with E-state index in [0.29, 0.717) is 0 Å². The molecule has 1 aliphatic carbocycles. The van der Waals surface area contributed by atoms with Gasteiger partial charge < -0.3 is 9.80 Å². The fourth-order valence-electron chi connectivity index (χ4n) is 1.88. The molecular formula is C12H13FN2. The fraction of sp³-hybridized carbons (Fsp3) is 0.333. The topological polar surface area (TPSA) is 6.48 Å². The minimum atomic E-state index is -0.180. The SMILES string of the molecule is Fc1ccc(N2C=CN(C3CC3)C2)cc1. The molecule has 1 aromatic carbocycles. The lowest BCUT2D eigenvalue weighted by molar-refractivity contribution is 0.397. The van der Waals surface area contributed by atoms with Gasteiger partial charge in [-0.2, -0.15) is 0 Å². The Kier molecular flexibility index (Phi) is 1.91. The Morgan fingerprint density at radius 3 is 2.47 bits per heavy atom. The second-order valence-electron chi connectivity index (χ2n) is 4.13. The third-order valence-electron chi connectivity index (χ3n) is 2.93. The summed E-state index contributed by atoms with van der Waals surface area (Å²) in [5.41, 5.74) is 1.05. The second-order valence-corrected chi connectivity index (χ2v) is 4.13. The fourth-order valence-corrected chi connectivity index (χ4v) is 1.88. The van der Waals surface area contributed by atoms with Gasteiger partial charge in [0.05, 0.1) is 6.67 Å². The van der Waals surface area contributed by atoms with Crippen LogP contribution in [0.2, 0.25) is 0 Å². The number of rotatable bonds is 2. The maximum Gasteiger partial charge on any atom is 0.123 e. The largest absolute Gasteiger partial charge is 0.355 e. The number of hydrogen-bond donors (Lipinski definition) is 0. The zero-order chi connectivity index (χ0) is 10.3. The van der Waals surface area contributed by atoms with Crippen LogP contribution in [0.3, 0.4) is 0 Å². The minimum absolute atomic E-state index is 0.180. The standard InChI is InChI=1S/C12H13FN2/c13-10-1-3-11(4-2-10)14-7-8-15(9-14)12-5-6-12/h1-4,7-8,12H,5-6,9H2. The zero-order valence-electron chi connectivity index (χ0n) is 8.44. The van der Waals surface area contributed by atoms with Crippen LogP contribution in [0.4, 0.5) is 10.1 Å². The van der Waals surface area contributed by atoms with Gasteiger partial charge in [0.2, 0.25) is 0 Å². The Morgan fingerprint density at radius 1 is 1.07 bits per heavy atom. The van der Waals surface area contributed by atoms with Crippen LogP contribution >= 0.6 is 0 Å². The summed E-state index contributed by atoms with van der Waals surface area (Å²) >= 11 is 0. The summed E-state index contributed by atoms with van der Waals surface area (Å²) in [5, 5.41) is 0. The second kappa shape index (κ2) is 3.26. The van der Waals surface area contributed by atoms with Crippen LogP contribution in [0.1, 0.15) is 12.8 Å². The van der Waals surface area contributed by atoms with E-state index in [2.05, 4.69) is 22.2 Å². The molecule has 1 heterocycles. The Balaban J connectivity index is 1.73. The van der Waals surface area contributed by atoms with Crippen molar-refractivity contribution in [3.8, 4) is 0 Å². The maximum atomic E-state index is 12.7. The highest BCUT2D eigenvalue weighted by molar-refractivity contribution is 5.50. The molecule has 0 bridgehead atoms. The number of nitrogens with zero attached hydrogens (tertiary/aromatic N) is 2. The summed E-state index contributed by atoms with van der Waals surface area (Å²) in [6, 6.07) is 7.38. The summed E-state index contributed by atoms with van der Waals surface area (Å²) in [5.74, 6) is -0.180. The number of hydrogen-bond acceptors (Lipinski definition) is 2. The van der Waals surface area contributed by atoms with Gasteiger partial charge in [0, 0.05) is 24.1 Å². The predicted molar refractivity (Wildman–Crippen MR) is 57.7 cm³/mol. The molecule has 0 amide bonds. The molecule has 3 rings (SSSR count). The van der Waals surface area contributed by atoms with E-state index in [1.165, 1.54) is 25.0 Å². The third-order valence-corrected chi connectivity index (χ3v) is 2.93. The van der Waals surface area contributed by atoms with Crippen molar-refractivity contribution in [3.63, 3.8) is 0 Å². The van der Waals surface area contributed by atoms with Gasteiger partial charge in [-0.25, -0.2) is 4.39 Å². The number of anilines is 1. The quantitative estimate of drug-likeness (QED) is 0.730. The van der Waals surface area contributed by atoms with Gasteiger partial charge in [0.15, 0.2) is 0 Å². The molecule has 0 N–H and O–H groups in total. The van der Waals surface area contributed by atoms with Crippen molar-refractivity contribution in [2.45, 2.75) is 18.9 Å². The van der Waals surface area contributed by atoms with E-state index in [1.54, 1.807) is 0 Å². The molecule has 15 heavy (non-hydrogen) atoms. The summed E-state index contributed by atoms with van der Waals surface area (Å²) in [4.78, 5) is 4.47. The first-order valence-electron chi connectivity index (χ1n) is 5.29. The minimum Gasteiger partial charge on any atom is -0.355 e. The van der Waals surface area contributed by atoms with Crippen LogP contribution in [0.15, 0.2) is 36.7 Å². The van der Waals surface area contributed by atoms with E-state index in [-0.39, 0.29) is 5.82 Å². The molecule has 2 aliphatic rings. The van der Waals surface area contributed by atoms with Crippen molar-refractivity contribution in [1.82, 2.24) is 4.90 Å². The van der Waals surface area contributed by atoms with E-state index >= 15 is 0 Å². The number of halogens is 1. The van der Waals surface area contributed by atoms with Crippen molar-refractivity contribution in [1.29, 1.82) is 0 Å². The summed E-state index contributed by atoms with van der Waals surface area (Å²) in [6.45, 7) is 0.899. The highest BCUT2D eigenvalue weighted by atomic mass is 19.1. The van der Waals surface area contributed by atoms with Gasteiger partial charge in [-0.15, -0.1) is 0 Å². The smallest absolute Gasteiger partial charge is 0.123 e. The molecule has 1 fully saturated rings.